The average molecular weight is 460 g/mol. The van der Waals surface area contributed by atoms with Gasteiger partial charge in [-0.15, -0.1) is 0 Å². The number of sulfonamides is 1. The van der Waals surface area contributed by atoms with Crippen molar-refractivity contribution in [2.24, 2.45) is 13.0 Å². The zero-order valence-electron chi connectivity index (χ0n) is 18.2. The van der Waals surface area contributed by atoms with E-state index in [1.54, 1.807) is 22.7 Å². The second kappa shape index (κ2) is 9.41. The minimum Gasteiger partial charge on any atom is -0.350 e. The molecule has 0 unspecified atom stereocenters. The molecule has 0 atom stereocenters. The molecule has 2 aliphatic heterocycles. The molecular weight excluding hydrogens is 430 g/mol. The molecule has 0 spiro atoms. The van der Waals surface area contributed by atoms with Crippen LogP contribution in [0.25, 0.3) is 0 Å². The predicted molar refractivity (Wildman–Crippen MR) is 118 cm³/mol. The number of likely N-dealkylation sites (tertiary alicyclic amines) is 1. The fourth-order valence-corrected chi connectivity index (χ4v) is 5.84. The predicted octanol–water partition coefficient (Wildman–Crippen LogP) is 1.37. The van der Waals surface area contributed by atoms with Gasteiger partial charge in [0.05, 0.1) is 12.2 Å². The first kappa shape index (κ1) is 22.5. The highest BCUT2D eigenvalue weighted by Crippen LogP contribution is 2.26. The number of carbonyl (C=O) groups is 2. The molecule has 2 saturated heterocycles. The third-order valence-corrected chi connectivity index (χ3v) is 8.09. The van der Waals surface area contributed by atoms with Crippen LogP contribution in [0, 0.1) is 5.92 Å². The van der Waals surface area contributed by atoms with Crippen molar-refractivity contribution in [3.8, 4) is 0 Å². The van der Waals surface area contributed by atoms with Crippen molar-refractivity contribution in [3.05, 3.63) is 48.0 Å². The Labute approximate surface area is 188 Å². The molecule has 32 heavy (non-hydrogen) atoms. The van der Waals surface area contributed by atoms with Crippen molar-refractivity contribution in [2.45, 2.75) is 37.1 Å². The molecule has 0 radical (unpaired) electrons. The molecule has 0 saturated carbocycles. The van der Waals surface area contributed by atoms with Gasteiger partial charge in [-0.05, 0) is 43.9 Å². The number of rotatable bonds is 6. The van der Waals surface area contributed by atoms with Gasteiger partial charge in [-0.25, -0.2) is 8.42 Å². The van der Waals surface area contributed by atoms with E-state index in [0.717, 1.165) is 18.5 Å². The van der Waals surface area contributed by atoms with Gasteiger partial charge in [0, 0.05) is 51.5 Å². The SMILES string of the molecule is Cn1cc(S(=O)(=O)N2CCC(C(=O)NCc3ccccn3)CC2)cc1C(=O)N1CCCC1. The maximum Gasteiger partial charge on any atom is 0.270 e. The van der Waals surface area contributed by atoms with Crippen molar-refractivity contribution in [3.63, 3.8) is 0 Å². The van der Waals surface area contributed by atoms with E-state index in [9.17, 15) is 18.0 Å². The quantitative estimate of drug-likeness (QED) is 0.703. The van der Waals surface area contributed by atoms with Gasteiger partial charge in [0.1, 0.15) is 10.6 Å². The summed E-state index contributed by atoms with van der Waals surface area (Å²) in [6.45, 7) is 2.32. The number of pyridine rings is 1. The highest BCUT2D eigenvalue weighted by Gasteiger charge is 2.34. The molecule has 0 aliphatic carbocycles. The lowest BCUT2D eigenvalue weighted by molar-refractivity contribution is -0.126. The monoisotopic (exact) mass is 459 g/mol. The molecule has 172 valence electrons. The number of aryl methyl sites for hydroxylation is 1. The fourth-order valence-electron chi connectivity index (χ4n) is 4.30. The Balaban J connectivity index is 1.36. The summed E-state index contributed by atoms with van der Waals surface area (Å²) in [6.07, 6.45) is 6.06. The Morgan fingerprint density at radius 2 is 1.84 bits per heavy atom. The molecule has 2 amide bonds. The first-order valence-corrected chi connectivity index (χ1v) is 12.4. The highest BCUT2D eigenvalue weighted by molar-refractivity contribution is 7.89. The van der Waals surface area contributed by atoms with Crippen LogP contribution in [-0.4, -0.2) is 65.2 Å². The molecule has 2 aliphatic rings. The molecule has 1 N–H and O–H groups in total. The van der Waals surface area contributed by atoms with Crippen molar-refractivity contribution < 1.29 is 18.0 Å². The summed E-state index contributed by atoms with van der Waals surface area (Å²) in [5.74, 6) is -0.436. The number of hydrogen-bond acceptors (Lipinski definition) is 5. The van der Waals surface area contributed by atoms with Crippen LogP contribution in [-0.2, 0) is 28.4 Å². The van der Waals surface area contributed by atoms with Gasteiger partial charge in [-0.2, -0.15) is 4.31 Å². The Hall–Kier alpha value is -2.72. The Morgan fingerprint density at radius 1 is 1.12 bits per heavy atom. The molecule has 0 aromatic carbocycles. The van der Waals surface area contributed by atoms with Gasteiger partial charge in [0.25, 0.3) is 5.91 Å². The molecule has 2 aromatic heterocycles. The van der Waals surface area contributed by atoms with Crippen LogP contribution in [0.1, 0.15) is 41.9 Å². The van der Waals surface area contributed by atoms with Crippen molar-refractivity contribution in [1.82, 2.24) is 24.1 Å². The first-order valence-electron chi connectivity index (χ1n) is 11.0. The summed E-state index contributed by atoms with van der Waals surface area (Å²) < 4.78 is 29.3. The van der Waals surface area contributed by atoms with Crippen LogP contribution in [0.3, 0.4) is 0 Å². The van der Waals surface area contributed by atoms with Gasteiger partial charge in [0.2, 0.25) is 15.9 Å². The number of hydrogen-bond donors (Lipinski definition) is 1. The smallest absolute Gasteiger partial charge is 0.270 e. The number of nitrogens with one attached hydrogen (secondary N) is 1. The number of amides is 2. The lowest BCUT2D eigenvalue weighted by Crippen LogP contribution is -2.42. The average Bonchev–Trinajstić information content (AvgIpc) is 3.48. The lowest BCUT2D eigenvalue weighted by Gasteiger charge is -2.30. The molecule has 2 aromatic rings. The summed E-state index contributed by atoms with van der Waals surface area (Å²) in [5, 5.41) is 2.89. The molecule has 2 fully saturated rings. The number of nitrogens with zero attached hydrogens (tertiary/aromatic N) is 4. The summed E-state index contributed by atoms with van der Waals surface area (Å²) in [6, 6.07) is 7.00. The summed E-state index contributed by atoms with van der Waals surface area (Å²) in [7, 11) is -2.03. The fraction of sp³-hybridized carbons (Fsp3) is 0.500. The van der Waals surface area contributed by atoms with Gasteiger partial charge >= 0.3 is 0 Å². The van der Waals surface area contributed by atoms with Gasteiger partial charge < -0.3 is 14.8 Å². The Morgan fingerprint density at radius 3 is 2.50 bits per heavy atom. The second-order valence-electron chi connectivity index (χ2n) is 8.39. The summed E-state index contributed by atoms with van der Waals surface area (Å²) >= 11 is 0. The van der Waals surface area contributed by atoms with Gasteiger partial charge in [-0.3, -0.25) is 14.6 Å². The number of piperidine rings is 1. The van der Waals surface area contributed by atoms with Crippen molar-refractivity contribution in [2.75, 3.05) is 26.2 Å². The van der Waals surface area contributed by atoms with E-state index in [1.807, 2.05) is 18.2 Å². The highest BCUT2D eigenvalue weighted by atomic mass is 32.2. The summed E-state index contributed by atoms with van der Waals surface area (Å²) in [5.41, 5.74) is 1.17. The van der Waals surface area contributed by atoms with E-state index in [0.29, 0.717) is 38.2 Å². The Kier molecular flexibility index (Phi) is 6.61. The van der Waals surface area contributed by atoms with E-state index in [-0.39, 0.29) is 35.7 Å². The van der Waals surface area contributed by atoms with Crippen LogP contribution in [0.15, 0.2) is 41.6 Å². The zero-order valence-corrected chi connectivity index (χ0v) is 19.1. The maximum atomic E-state index is 13.2. The first-order chi connectivity index (χ1) is 15.4. The van der Waals surface area contributed by atoms with Crippen molar-refractivity contribution >= 4 is 21.8 Å². The van der Waals surface area contributed by atoms with Crippen LogP contribution in [0.2, 0.25) is 0 Å². The van der Waals surface area contributed by atoms with Crippen LogP contribution in [0.4, 0.5) is 0 Å². The van der Waals surface area contributed by atoms with Crippen LogP contribution in [0.5, 0.6) is 0 Å². The standard InChI is InChI=1S/C22H29N5O4S/c1-25-16-19(14-20(25)22(29)26-10-4-5-11-26)32(30,31)27-12-7-17(8-13-27)21(28)24-15-18-6-2-3-9-23-18/h2-3,6,9,14,16-17H,4-5,7-8,10-13,15H2,1H3,(H,24,28). The van der Waals surface area contributed by atoms with E-state index in [1.165, 1.54) is 16.6 Å². The van der Waals surface area contributed by atoms with Crippen molar-refractivity contribution in [1.29, 1.82) is 0 Å². The van der Waals surface area contributed by atoms with E-state index in [4.69, 9.17) is 0 Å². The van der Waals surface area contributed by atoms with Gasteiger partial charge in [-0.1, -0.05) is 6.07 Å². The van der Waals surface area contributed by atoms with Crippen LogP contribution >= 0.6 is 0 Å². The van der Waals surface area contributed by atoms with E-state index < -0.39 is 10.0 Å². The number of aromatic nitrogens is 2. The zero-order chi connectivity index (χ0) is 22.7. The minimum atomic E-state index is -3.73. The number of carbonyl (C=O) groups excluding carboxylic acids is 2. The van der Waals surface area contributed by atoms with E-state index >= 15 is 0 Å². The normalized spacial score (nSPS) is 18.1. The molecule has 9 nitrogen and oxygen atoms in total. The molecule has 4 rings (SSSR count). The molecule has 4 heterocycles. The third-order valence-electron chi connectivity index (χ3n) is 6.22. The Bertz CT molecular complexity index is 1070. The third kappa shape index (κ3) is 4.71. The maximum absolute atomic E-state index is 13.2. The summed E-state index contributed by atoms with van der Waals surface area (Å²) in [4.78, 5) is 31.3. The molecule has 0 bridgehead atoms. The lowest BCUT2D eigenvalue weighted by atomic mass is 9.97. The van der Waals surface area contributed by atoms with E-state index in [2.05, 4.69) is 10.3 Å². The van der Waals surface area contributed by atoms with Crippen LogP contribution < -0.4 is 5.32 Å². The topological polar surface area (TPSA) is 105 Å². The minimum absolute atomic E-state index is 0.0779. The second-order valence-corrected chi connectivity index (χ2v) is 10.3. The molecular formula is C22H29N5O4S. The largest absolute Gasteiger partial charge is 0.350 e. The van der Waals surface area contributed by atoms with Gasteiger partial charge in [0.15, 0.2) is 0 Å². The molecule has 10 heteroatoms.